The van der Waals surface area contributed by atoms with Crippen molar-refractivity contribution in [1.82, 2.24) is 4.90 Å². The summed E-state index contributed by atoms with van der Waals surface area (Å²) in [6, 6.07) is 3.08. The van der Waals surface area contributed by atoms with E-state index in [1.165, 1.54) is 4.90 Å². The van der Waals surface area contributed by atoms with E-state index in [0.29, 0.717) is 0 Å². The van der Waals surface area contributed by atoms with Crippen LogP contribution in [-0.4, -0.2) is 63.4 Å². The molecule has 2 rings (SSSR count). The number of aliphatic hydroxyl groups excluding tert-OH is 1. The van der Waals surface area contributed by atoms with Crippen molar-refractivity contribution in [1.29, 1.82) is 0 Å². The van der Waals surface area contributed by atoms with Crippen LogP contribution in [0.4, 0.5) is 10.1 Å². The highest BCUT2D eigenvalue weighted by molar-refractivity contribution is 7.90. The first-order chi connectivity index (χ1) is 11.7. The monoisotopic (exact) mass is 372 g/mol. The fraction of sp³-hybridized carbons (Fsp3) is 0.333. The number of sulfone groups is 1. The molecule has 2 N–H and O–H groups in total. The number of carbonyl (C=O) groups is 2. The molecule has 0 unspecified atom stereocenters. The van der Waals surface area contributed by atoms with Gasteiger partial charge in [0.25, 0.3) is 5.91 Å². The molecule has 136 valence electrons. The number of esters is 1. The molecule has 1 aliphatic heterocycles. The van der Waals surface area contributed by atoms with Gasteiger partial charge in [-0.2, -0.15) is 0 Å². The first-order valence-corrected chi connectivity index (χ1v) is 9.06. The molecule has 10 heteroatoms. The lowest BCUT2D eigenvalue weighted by Crippen LogP contribution is -2.31. The number of nitrogens with one attached hydrogen (secondary N) is 1. The Morgan fingerprint density at radius 1 is 1.44 bits per heavy atom. The summed E-state index contributed by atoms with van der Waals surface area (Å²) >= 11 is 0. The Morgan fingerprint density at radius 2 is 2.12 bits per heavy atom. The Bertz CT molecular complexity index is 850. The number of hydrogen-bond acceptors (Lipinski definition) is 7. The highest BCUT2D eigenvalue weighted by Gasteiger charge is 2.34. The molecule has 1 amide bonds. The first kappa shape index (κ1) is 18.9. The molecule has 0 atom stereocenters. The fourth-order valence-corrected chi connectivity index (χ4v) is 2.96. The van der Waals surface area contributed by atoms with E-state index >= 15 is 0 Å². The van der Waals surface area contributed by atoms with E-state index in [2.05, 4.69) is 10.1 Å². The molecule has 1 aliphatic rings. The molecule has 1 aromatic carbocycles. The number of methoxy groups -OCH3 is 1. The highest BCUT2D eigenvalue weighted by Crippen LogP contribution is 2.26. The van der Waals surface area contributed by atoms with Crippen LogP contribution in [0, 0.1) is 5.82 Å². The molecule has 0 aliphatic carbocycles. The number of hydrogen-bond donors (Lipinski definition) is 2. The molecule has 1 aromatic rings. The summed E-state index contributed by atoms with van der Waals surface area (Å²) in [4.78, 5) is 25.3. The maximum atomic E-state index is 14.0. The summed E-state index contributed by atoms with van der Waals surface area (Å²) in [5, 5.41) is 11.5. The minimum atomic E-state index is -3.59. The summed E-state index contributed by atoms with van der Waals surface area (Å²) in [7, 11) is -2.45. The van der Waals surface area contributed by atoms with E-state index in [4.69, 9.17) is 5.11 Å². The van der Waals surface area contributed by atoms with Crippen molar-refractivity contribution in [3.05, 3.63) is 35.3 Å². The standard InChI is InChI=1S/C15H17FN2O6S/c1-24-15(21)10-8-18(5-6-19)14(20)13(10)17-12-7-9(25(2,22)23)3-4-11(12)16/h3-4,7,17,19H,5-6,8H2,1-2H3. The Balaban J connectivity index is 2.45. The van der Waals surface area contributed by atoms with Crippen LogP contribution >= 0.6 is 0 Å². The maximum Gasteiger partial charge on any atom is 0.337 e. The molecule has 25 heavy (non-hydrogen) atoms. The number of ether oxygens (including phenoxy) is 1. The third-order valence-corrected chi connectivity index (χ3v) is 4.69. The number of β-amino-alcohol motifs (C(OH)–C–C–N with tert-alkyl or cyclic N) is 1. The number of amides is 1. The van der Waals surface area contributed by atoms with Crippen LogP contribution in [-0.2, 0) is 24.2 Å². The number of anilines is 1. The van der Waals surface area contributed by atoms with Gasteiger partial charge in [-0.1, -0.05) is 0 Å². The molecule has 0 saturated carbocycles. The number of benzene rings is 1. The number of carbonyl (C=O) groups excluding carboxylic acids is 2. The van der Waals surface area contributed by atoms with Gasteiger partial charge in [-0.15, -0.1) is 0 Å². The van der Waals surface area contributed by atoms with E-state index in [0.717, 1.165) is 31.6 Å². The van der Waals surface area contributed by atoms with Crippen LogP contribution in [0.5, 0.6) is 0 Å². The summed E-state index contributed by atoms with van der Waals surface area (Å²) < 4.78 is 41.9. The van der Waals surface area contributed by atoms with Gasteiger partial charge < -0.3 is 20.1 Å². The number of nitrogens with zero attached hydrogens (tertiary/aromatic N) is 1. The van der Waals surface area contributed by atoms with Crippen LogP contribution in [0.2, 0.25) is 0 Å². The third-order valence-electron chi connectivity index (χ3n) is 3.58. The second-order valence-corrected chi connectivity index (χ2v) is 7.35. The Kier molecular flexibility index (Phi) is 5.43. The van der Waals surface area contributed by atoms with Gasteiger partial charge in [0, 0.05) is 12.8 Å². The van der Waals surface area contributed by atoms with Crippen LogP contribution in [0.1, 0.15) is 0 Å². The van der Waals surface area contributed by atoms with E-state index in [1.807, 2.05) is 0 Å². The van der Waals surface area contributed by atoms with Gasteiger partial charge >= 0.3 is 5.97 Å². The molecule has 8 nitrogen and oxygen atoms in total. The molecule has 0 fully saturated rings. The highest BCUT2D eigenvalue weighted by atomic mass is 32.2. The predicted molar refractivity (Wildman–Crippen MR) is 85.8 cm³/mol. The lowest BCUT2D eigenvalue weighted by atomic mass is 10.2. The van der Waals surface area contributed by atoms with Crippen molar-refractivity contribution in [2.45, 2.75) is 4.90 Å². The molecule has 0 bridgehead atoms. The van der Waals surface area contributed by atoms with Gasteiger partial charge in [0.2, 0.25) is 0 Å². The molecule has 0 aromatic heterocycles. The molecular weight excluding hydrogens is 355 g/mol. The van der Waals surface area contributed by atoms with Gasteiger partial charge in [-0.05, 0) is 18.2 Å². The van der Waals surface area contributed by atoms with Crippen LogP contribution in [0.15, 0.2) is 34.4 Å². The van der Waals surface area contributed by atoms with E-state index in [1.54, 1.807) is 0 Å². The minimum Gasteiger partial charge on any atom is -0.466 e. The molecule has 0 saturated heterocycles. The zero-order chi connectivity index (χ0) is 18.8. The molecule has 1 heterocycles. The average Bonchev–Trinajstić information content (AvgIpc) is 2.85. The van der Waals surface area contributed by atoms with Crippen molar-refractivity contribution in [3.63, 3.8) is 0 Å². The van der Waals surface area contributed by atoms with Crippen molar-refractivity contribution in [2.75, 3.05) is 38.4 Å². The van der Waals surface area contributed by atoms with Crippen LogP contribution < -0.4 is 5.32 Å². The van der Waals surface area contributed by atoms with Crippen molar-refractivity contribution in [3.8, 4) is 0 Å². The summed E-state index contributed by atoms with van der Waals surface area (Å²) in [5.74, 6) is -2.20. The fourth-order valence-electron chi connectivity index (χ4n) is 2.31. The average molecular weight is 372 g/mol. The summed E-state index contributed by atoms with van der Waals surface area (Å²) in [5.41, 5.74) is -0.520. The zero-order valence-electron chi connectivity index (χ0n) is 13.6. The first-order valence-electron chi connectivity index (χ1n) is 7.17. The predicted octanol–water partition coefficient (Wildman–Crippen LogP) is -0.0973. The Hall–Kier alpha value is -2.46. The molecule has 0 spiro atoms. The number of aliphatic hydroxyl groups is 1. The van der Waals surface area contributed by atoms with Gasteiger partial charge in [-0.25, -0.2) is 17.6 Å². The SMILES string of the molecule is COC(=O)C1=C(Nc2cc(S(C)(=O)=O)ccc2F)C(=O)N(CCO)C1. The summed E-state index contributed by atoms with van der Waals surface area (Å²) in [6.45, 7) is -0.441. The third kappa shape index (κ3) is 3.97. The second-order valence-electron chi connectivity index (χ2n) is 5.33. The minimum absolute atomic E-state index is 0.0175. The topological polar surface area (TPSA) is 113 Å². The van der Waals surface area contributed by atoms with Gasteiger partial charge in [0.15, 0.2) is 9.84 Å². The molecule has 0 radical (unpaired) electrons. The normalized spacial score (nSPS) is 14.9. The van der Waals surface area contributed by atoms with Crippen molar-refractivity contribution in [2.24, 2.45) is 0 Å². The lowest BCUT2D eigenvalue weighted by Gasteiger charge is -2.15. The maximum absolute atomic E-state index is 14.0. The number of rotatable bonds is 6. The van der Waals surface area contributed by atoms with Crippen LogP contribution in [0.3, 0.4) is 0 Å². The van der Waals surface area contributed by atoms with E-state index < -0.39 is 27.5 Å². The van der Waals surface area contributed by atoms with Crippen molar-refractivity contribution >= 4 is 27.4 Å². The van der Waals surface area contributed by atoms with Gasteiger partial charge in [0.05, 0.1) is 36.4 Å². The van der Waals surface area contributed by atoms with Gasteiger partial charge in [0.1, 0.15) is 11.5 Å². The quantitative estimate of drug-likeness (QED) is 0.530. The van der Waals surface area contributed by atoms with Gasteiger partial charge in [-0.3, -0.25) is 4.79 Å². The summed E-state index contributed by atoms with van der Waals surface area (Å²) in [6.07, 6.45) is 0.965. The largest absolute Gasteiger partial charge is 0.466 e. The Morgan fingerprint density at radius 3 is 2.68 bits per heavy atom. The zero-order valence-corrected chi connectivity index (χ0v) is 14.4. The molecular formula is C15H17FN2O6S. The van der Waals surface area contributed by atoms with E-state index in [9.17, 15) is 22.4 Å². The van der Waals surface area contributed by atoms with Crippen LogP contribution in [0.25, 0.3) is 0 Å². The second kappa shape index (κ2) is 7.19. The smallest absolute Gasteiger partial charge is 0.337 e. The Labute approximate surface area is 143 Å². The number of halogens is 1. The lowest BCUT2D eigenvalue weighted by molar-refractivity contribution is -0.136. The van der Waals surface area contributed by atoms with E-state index in [-0.39, 0.29) is 41.5 Å². The van der Waals surface area contributed by atoms with Crippen molar-refractivity contribution < 1.29 is 32.2 Å².